The van der Waals surface area contributed by atoms with Gasteiger partial charge in [0.25, 0.3) is 10.1 Å². The maximum Gasteiger partial charge on any atom is 0.296 e. The summed E-state index contributed by atoms with van der Waals surface area (Å²) in [6.07, 6.45) is 0. The van der Waals surface area contributed by atoms with Crippen LogP contribution in [0.3, 0.4) is 0 Å². The van der Waals surface area contributed by atoms with Crippen molar-refractivity contribution in [2.45, 2.75) is 32.1 Å². The van der Waals surface area contributed by atoms with Gasteiger partial charge in [0.2, 0.25) is 5.44 Å². The molecule has 102 valence electrons. The molecule has 0 aliphatic rings. The van der Waals surface area contributed by atoms with Gasteiger partial charge in [0.05, 0.1) is 6.61 Å². The molecule has 0 saturated carbocycles. The average Bonchev–Trinajstić information content (AvgIpc) is 2.27. The third-order valence-electron chi connectivity index (χ3n) is 2.52. The molecule has 0 bridgehead atoms. The van der Waals surface area contributed by atoms with Crippen LogP contribution >= 0.6 is 0 Å². The van der Waals surface area contributed by atoms with Crippen LogP contribution in [0.5, 0.6) is 5.75 Å². The van der Waals surface area contributed by atoms with E-state index in [9.17, 15) is 13.5 Å². The Kier molecular flexibility index (Phi) is 4.72. The highest BCUT2D eigenvalue weighted by Gasteiger charge is 2.23. The van der Waals surface area contributed by atoms with Gasteiger partial charge in [-0.15, -0.1) is 0 Å². The predicted molar refractivity (Wildman–Crippen MR) is 68.2 cm³/mol. The Hall–Kier alpha value is -1.11. The first-order valence-corrected chi connectivity index (χ1v) is 7.18. The van der Waals surface area contributed by atoms with Gasteiger partial charge < -0.3 is 9.84 Å². The minimum Gasteiger partial charge on any atom is -0.494 e. The molecule has 1 aromatic carbocycles. The zero-order valence-corrected chi connectivity index (χ0v) is 11.4. The van der Waals surface area contributed by atoms with E-state index in [1.54, 1.807) is 6.07 Å². The summed E-state index contributed by atoms with van der Waals surface area (Å²) < 4.78 is 36.1. The van der Waals surface area contributed by atoms with E-state index in [-0.39, 0.29) is 11.5 Å². The maximum absolute atomic E-state index is 10.9. The third kappa shape index (κ3) is 3.44. The van der Waals surface area contributed by atoms with Crippen molar-refractivity contribution in [2.75, 3.05) is 6.61 Å². The molecule has 5 nitrogen and oxygen atoms in total. The lowest BCUT2D eigenvalue weighted by Crippen LogP contribution is -2.12. The fourth-order valence-corrected chi connectivity index (χ4v) is 2.12. The van der Waals surface area contributed by atoms with Gasteiger partial charge in [-0.05, 0) is 36.1 Å². The van der Waals surface area contributed by atoms with Crippen molar-refractivity contribution in [3.05, 3.63) is 29.3 Å². The van der Waals surface area contributed by atoms with E-state index < -0.39 is 15.6 Å². The number of aliphatic hydroxyl groups excluding tert-OH is 1. The first-order valence-electron chi connectivity index (χ1n) is 5.68. The SMILES string of the molecule is CCOc1ccc(C(O)S(=O)(=O)O)cc1C(C)C. The van der Waals surface area contributed by atoms with Crippen LogP contribution in [0.2, 0.25) is 0 Å². The van der Waals surface area contributed by atoms with Crippen LogP contribution in [0, 0.1) is 0 Å². The summed E-state index contributed by atoms with van der Waals surface area (Å²) in [5, 5.41) is 9.51. The Morgan fingerprint density at radius 2 is 1.94 bits per heavy atom. The van der Waals surface area contributed by atoms with Crippen LogP contribution in [0.4, 0.5) is 0 Å². The molecule has 0 aliphatic carbocycles. The topological polar surface area (TPSA) is 83.8 Å². The van der Waals surface area contributed by atoms with E-state index in [1.807, 2.05) is 20.8 Å². The molecule has 6 heteroatoms. The van der Waals surface area contributed by atoms with Crippen LogP contribution in [0.25, 0.3) is 0 Å². The van der Waals surface area contributed by atoms with Crippen molar-refractivity contribution in [3.63, 3.8) is 0 Å². The third-order valence-corrected chi connectivity index (χ3v) is 3.36. The number of benzene rings is 1. The summed E-state index contributed by atoms with van der Waals surface area (Å²) in [4.78, 5) is 0. The second-order valence-corrected chi connectivity index (χ2v) is 5.73. The fraction of sp³-hybridized carbons (Fsp3) is 0.500. The number of aliphatic hydroxyl groups is 1. The summed E-state index contributed by atoms with van der Waals surface area (Å²) in [5.74, 6) is 0.763. The Morgan fingerprint density at radius 1 is 1.33 bits per heavy atom. The first-order chi connectivity index (χ1) is 8.27. The standard InChI is InChI=1S/C12H18O5S/c1-4-17-11-6-5-9(7-10(11)8(2)3)12(13)18(14,15)16/h5-8,12-13H,4H2,1-3H3,(H,14,15,16). The summed E-state index contributed by atoms with van der Waals surface area (Å²) in [6, 6.07) is 4.56. The van der Waals surface area contributed by atoms with Gasteiger partial charge >= 0.3 is 0 Å². The molecule has 18 heavy (non-hydrogen) atoms. The summed E-state index contributed by atoms with van der Waals surface area (Å²) >= 11 is 0. The second kappa shape index (κ2) is 5.69. The lowest BCUT2D eigenvalue weighted by atomic mass is 10.00. The largest absolute Gasteiger partial charge is 0.494 e. The summed E-state index contributed by atoms with van der Waals surface area (Å²) in [6.45, 7) is 6.22. The highest BCUT2D eigenvalue weighted by Crippen LogP contribution is 2.30. The molecule has 0 amide bonds. The molecular weight excluding hydrogens is 256 g/mol. The van der Waals surface area contributed by atoms with Gasteiger partial charge in [0, 0.05) is 0 Å². The number of hydrogen-bond donors (Lipinski definition) is 2. The lowest BCUT2D eigenvalue weighted by molar-refractivity contribution is 0.238. The van der Waals surface area contributed by atoms with Gasteiger partial charge in [-0.1, -0.05) is 19.9 Å². The Balaban J connectivity index is 3.23. The van der Waals surface area contributed by atoms with Crippen molar-refractivity contribution in [2.24, 2.45) is 0 Å². The molecule has 0 radical (unpaired) electrons. The molecule has 0 spiro atoms. The van der Waals surface area contributed by atoms with Crippen molar-refractivity contribution in [1.82, 2.24) is 0 Å². The molecule has 0 aliphatic heterocycles. The number of ether oxygens (including phenoxy) is 1. The maximum atomic E-state index is 10.9. The normalized spacial score (nSPS) is 13.7. The monoisotopic (exact) mass is 274 g/mol. The van der Waals surface area contributed by atoms with Crippen molar-refractivity contribution in [3.8, 4) is 5.75 Å². The quantitative estimate of drug-likeness (QED) is 0.803. The molecule has 1 aromatic rings. The van der Waals surface area contributed by atoms with Gasteiger partial charge in [-0.25, -0.2) is 0 Å². The highest BCUT2D eigenvalue weighted by molar-refractivity contribution is 7.85. The zero-order chi connectivity index (χ0) is 13.9. The molecule has 1 unspecified atom stereocenters. The minimum absolute atomic E-state index is 0.111. The Morgan fingerprint density at radius 3 is 2.39 bits per heavy atom. The van der Waals surface area contributed by atoms with Gasteiger partial charge in [-0.3, -0.25) is 4.55 Å². The summed E-state index contributed by atoms with van der Waals surface area (Å²) in [5.41, 5.74) is -1.01. The number of rotatable bonds is 5. The predicted octanol–water partition coefficient (Wildman–Crippen LogP) is 2.09. The van der Waals surface area contributed by atoms with Crippen molar-refractivity contribution >= 4 is 10.1 Å². The van der Waals surface area contributed by atoms with Crippen LogP contribution in [-0.2, 0) is 10.1 Å². The average molecular weight is 274 g/mol. The van der Waals surface area contributed by atoms with Crippen LogP contribution in [-0.4, -0.2) is 24.7 Å². The van der Waals surface area contributed by atoms with Crippen LogP contribution in [0.1, 0.15) is 43.3 Å². The van der Waals surface area contributed by atoms with E-state index in [1.165, 1.54) is 12.1 Å². The van der Waals surface area contributed by atoms with E-state index in [0.29, 0.717) is 12.4 Å². The summed E-state index contributed by atoms with van der Waals surface area (Å²) in [7, 11) is -4.51. The zero-order valence-electron chi connectivity index (χ0n) is 10.6. The van der Waals surface area contributed by atoms with E-state index in [2.05, 4.69) is 0 Å². The minimum atomic E-state index is -4.51. The fourth-order valence-electron chi connectivity index (χ4n) is 1.63. The van der Waals surface area contributed by atoms with Crippen molar-refractivity contribution < 1.29 is 22.8 Å². The molecule has 0 aromatic heterocycles. The molecule has 1 rings (SSSR count). The smallest absolute Gasteiger partial charge is 0.296 e. The van der Waals surface area contributed by atoms with Gasteiger partial charge in [-0.2, -0.15) is 8.42 Å². The van der Waals surface area contributed by atoms with E-state index >= 15 is 0 Å². The van der Waals surface area contributed by atoms with Crippen molar-refractivity contribution in [1.29, 1.82) is 0 Å². The van der Waals surface area contributed by atoms with Crippen LogP contribution in [0.15, 0.2) is 18.2 Å². The molecule has 0 saturated heterocycles. The Labute approximate surface area is 107 Å². The first kappa shape index (κ1) is 14.9. The van der Waals surface area contributed by atoms with E-state index in [4.69, 9.17) is 9.29 Å². The second-order valence-electron chi connectivity index (χ2n) is 4.25. The number of hydrogen-bond acceptors (Lipinski definition) is 4. The molecule has 1 atom stereocenters. The molecular formula is C12H18O5S. The molecule has 2 N–H and O–H groups in total. The molecule has 0 fully saturated rings. The van der Waals surface area contributed by atoms with Gasteiger partial charge in [0.1, 0.15) is 5.75 Å². The lowest BCUT2D eigenvalue weighted by Gasteiger charge is -2.16. The van der Waals surface area contributed by atoms with Gasteiger partial charge in [0.15, 0.2) is 0 Å². The highest BCUT2D eigenvalue weighted by atomic mass is 32.2. The molecule has 0 heterocycles. The Bertz CT molecular complexity index is 507. The van der Waals surface area contributed by atoms with Crippen LogP contribution < -0.4 is 4.74 Å². The van der Waals surface area contributed by atoms with E-state index in [0.717, 1.165) is 5.56 Å².